The van der Waals surface area contributed by atoms with Crippen LogP contribution in [0.3, 0.4) is 0 Å². The highest BCUT2D eigenvalue weighted by Crippen LogP contribution is 2.21. The minimum Gasteiger partial charge on any atom is -0.386 e. The van der Waals surface area contributed by atoms with Crippen molar-refractivity contribution in [3.8, 4) is 0 Å². The van der Waals surface area contributed by atoms with E-state index >= 15 is 0 Å². The predicted octanol–water partition coefficient (Wildman–Crippen LogP) is 3.28. The number of allylic oxidation sites excluding steroid dienone is 1. The maximum absolute atomic E-state index is 10.1. The van der Waals surface area contributed by atoms with Gasteiger partial charge in [0.1, 0.15) is 0 Å². The Labute approximate surface area is 76.5 Å². The van der Waals surface area contributed by atoms with Crippen molar-refractivity contribution in [2.75, 3.05) is 0 Å². The van der Waals surface area contributed by atoms with Gasteiger partial charge in [-0.15, -0.1) is 0 Å². The molecule has 0 aromatic heterocycles. The third-order valence-electron chi connectivity index (χ3n) is 2.03. The molecular weight excluding hydrogens is 148 g/mol. The van der Waals surface area contributed by atoms with Crippen LogP contribution in [-0.2, 0) is 0 Å². The van der Waals surface area contributed by atoms with E-state index in [-0.39, 0.29) is 0 Å². The topological polar surface area (TPSA) is 20.2 Å². The molecule has 0 radical (unpaired) electrons. The molecule has 12 heavy (non-hydrogen) atoms. The van der Waals surface area contributed by atoms with Crippen molar-refractivity contribution in [3.05, 3.63) is 12.2 Å². The minimum atomic E-state index is -0.528. The quantitative estimate of drug-likeness (QED) is 0.606. The summed E-state index contributed by atoms with van der Waals surface area (Å²) in [6.45, 7) is 6.32. The third kappa shape index (κ3) is 4.55. The van der Waals surface area contributed by atoms with Gasteiger partial charge in [-0.2, -0.15) is 0 Å². The SMILES string of the molecule is CCC=CC(O)(CCC)CCC. The Morgan fingerprint density at radius 1 is 1.08 bits per heavy atom. The molecule has 0 aliphatic rings. The molecule has 0 aromatic carbocycles. The Morgan fingerprint density at radius 2 is 1.58 bits per heavy atom. The van der Waals surface area contributed by atoms with Gasteiger partial charge in [-0.1, -0.05) is 45.8 Å². The van der Waals surface area contributed by atoms with Crippen molar-refractivity contribution >= 4 is 0 Å². The minimum absolute atomic E-state index is 0.528. The van der Waals surface area contributed by atoms with Crippen LogP contribution in [0.25, 0.3) is 0 Å². The Bertz CT molecular complexity index is 121. The zero-order valence-electron chi connectivity index (χ0n) is 8.64. The summed E-state index contributed by atoms with van der Waals surface area (Å²) in [4.78, 5) is 0. The van der Waals surface area contributed by atoms with Crippen LogP contribution in [0.2, 0.25) is 0 Å². The molecule has 0 fully saturated rings. The number of aliphatic hydroxyl groups is 1. The van der Waals surface area contributed by atoms with E-state index in [9.17, 15) is 5.11 Å². The molecule has 0 bridgehead atoms. The van der Waals surface area contributed by atoms with E-state index in [0.29, 0.717) is 0 Å². The van der Waals surface area contributed by atoms with E-state index in [0.717, 1.165) is 32.1 Å². The molecule has 0 unspecified atom stereocenters. The molecule has 0 aromatic rings. The molecule has 0 saturated carbocycles. The second-order valence-corrected chi connectivity index (χ2v) is 3.41. The van der Waals surface area contributed by atoms with E-state index in [1.165, 1.54) is 0 Å². The van der Waals surface area contributed by atoms with E-state index in [2.05, 4.69) is 26.8 Å². The molecule has 72 valence electrons. The molecular formula is C11H22O. The summed E-state index contributed by atoms with van der Waals surface area (Å²) in [6.07, 6.45) is 8.91. The highest BCUT2D eigenvalue weighted by molar-refractivity contribution is 5.00. The summed E-state index contributed by atoms with van der Waals surface area (Å²) < 4.78 is 0. The van der Waals surface area contributed by atoms with Crippen molar-refractivity contribution in [2.24, 2.45) is 0 Å². The normalized spacial score (nSPS) is 12.7. The fraction of sp³-hybridized carbons (Fsp3) is 0.818. The van der Waals surface area contributed by atoms with Gasteiger partial charge in [0.15, 0.2) is 0 Å². The van der Waals surface area contributed by atoms with Gasteiger partial charge in [0, 0.05) is 0 Å². The fourth-order valence-electron chi connectivity index (χ4n) is 1.49. The van der Waals surface area contributed by atoms with E-state index < -0.39 is 5.60 Å². The van der Waals surface area contributed by atoms with Gasteiger partial charge in [0.25, 0.3) is 0 Å². The summed E-state index contributed by atoms with van der Waals surface area (Å²) in [7, 11) is 0. The lowest BCUT2D eigenvalue weighted by Crippen LogP contribution is -2.24. The average molecular weight is 170 g/mol. The molecule has 1 N–H and O–H groups in total. The van der Waals surface area contributed by atoms with Gasteiger partial charge in [0.2, 0.25) is 0 Å². The number of hydrogen-bond acceptors (Lipinski definition) is 1. The van der Waals surface area contributed by atoms with Gasteiger partial charge in [-0.25, -0.2) is 0 Å². The number of rotatable bonds is 6. The maximum atomic E-state index is 10.1. The molecule has 0 aliphatic heterocycles. The maximum Gasteiger partial charge on any atom is 0.0827 e. The van der Waals surface area contributed by atoms with Crippen LogP contribution in [0.5, 0.6) is 0 Å². The second kappa shape index (κ2) is 6.24. The van der Waals surface area contributed by atoms with Crippen LogP contribution in [0, 0.1) is 0 Å². The van der Waals surface area contributed by atoms with Crippen molar-refractivity contribution in [3.63, 3.8) is 0 Å². The van der Waals surface area contributed by atoms with Crippen LogP contribution < -0.4 is 0 Å². The summed E-state index contributed by atoms with van der Waals surface area (Å²) in [5.41, 5.74) is -0.528. The van der Waals surface area contributed by atoms with Crippen molar-refractivity contribution in [1.82, 2.24) is 0 Å². The monoisotopic (exact) mass is 170 g/mol. The van der Waals surface area contributed by atoms with Crippen molar-refractivity contribution < 1.29 is 5.11 Å². The zero-order chi connectivity index (χ0) is 9.45. The lowest BCUT2D eigenvalue weighted by atomic mass is 9.92. The molecule has 1 heteroatoms. The highest BCUT2D eigenvalue weighted by atomic mass is 16.3. The van der Waals surface area contributed by atoms with Crippen LogP contribution in [-0.4, -0.2) is 10.7 Å². The Balaban J connectivity index is 4.06. The fourth-order valence-corrected chi connectivity index (χ4v) is 1.49. The van der Waals surface area contributed by atoms with Crippen molar-refractivity contribution in [2.45, 2.75) is 58.5 Å². The largest absolute Gasteiger partial charge is 0.386 e. The van der Waals surface area contributed by atoms with Crippen LogP contribution >= 0.6 is 0 Å². The van der Waals surface area contributed by atoms with E-state index in [4.69, 9.17) is 0 Å². The van der Waals surface area contributed by atoms with Gasteiger partial charge < -0.3 is 5.11 Å². The Kier molecular flexibility index (Phi) is 6.09. The molecule has 1 nitrogen and oxygen atoms in total. The predicted molar refractivity (Wildman–Crippen MR) is 54.2 cm³/mol. The molecule has 0 saturated heterocycles. The first-order valence-electron chi connectivity index (χ1n) is 5.08. The number of hydrogen-bond donors (Lipinski definition) is 1. The second-order valence-electron chi connectivity index (χ2n) is 3.41. The third-order valence-corrected chi connectivity index (χ3v) is 2.03. The first-order chi connectivity index (χ1) is 5.68. The lowest BCUT2D eigenvalue weighted by molar-refractivity contribution is 0.0704. The zero-order valence-corrected chi connectivity index (χ0v) is 8.64. The van der Waals surface area contributed by atoms with E-state index in [1.807, 2.05) is 6.08 Å². The smallest absolute Gasteiger partial charge is 0.0827 e. The summed E-state index contributed by atoms with van der Waals surface area (Å²) >= 11 is 0. The first-order valence-corrected chi connectivity index (χ1v) is 5.08. The molecule has 0 atom stereocenters. The standard InChI is InChI=1S/C11H22O/c1-4-7-10-11(12,8-5-2)9-6-3/h7,10,12H,4-6,8-9H2,1-3H3. The molecule has 0 amide bonds. The summed E-state index contributed by atoms with van der Waals surface area (Å²) in [5, 5.41) is 10.1. The van der Waals surface area contributed by atoms with Crippen LogP contribution in [0.1, 0.15) is 52.9 Å². The van der Waals surface area contributed by atoms with Gasteiger partial charge >= 0.3 is 0 Å². The lowest BCUT2D eigenvalue weighted by Gasteiger charge is -2.23. The summed E-state index contributed by atoms with van der Waals surface area (Å²) in [6, 6.07) is 0. The van der Waals surface area contributed by atoms with Crippen LogP contribution in [0.15, 0.2) is 12.2 Å². The highest BCUT2D eigenvalue weighted by Gasteiger charge is 2.20. The Hall–Kier alpha value is -0.300. The first kappa shape index (κ1) is 11.7. The van der Waals surface area contributed by atoms with E-state index in [1.54, 1.807) is 0 Å². The molecule has 0 heterocycles. The van der Waals surface area contributed by atoms with Crippen molar-refractivity contribution in [1.29, 1.82) is 0 Å². The van der Waals surface area contributed by atoms with Crippen LogP contribution in [0.4, 0.5) is 0 Å². The molecule has 0 aliphatic carbocycles. The Morgan fingerprint density at radius 3 is 1.92 bits per heavy atom. The molecule has 0 rings (SSSR count). The van der Waals surface area contributed by atoms with Gasteiger partial charge in [-0.05, 0) is 19.3 Å². The molecule has 0 spiro atoms. The van der Waals surface area contributed by atoms with Gasteiger partial charge in [0.05, 0.1) is 5.60 Å². The average Bonchev–Trinajstić information content (AvgIpc) is 2.02. The van der Waals surface area contributed by atoms with Gasteiger partial charge in [-0.3, -0.25) is 0 Å². The summed E-state index contributed by atoms with van der Waals surface area (Å²) in [5.74, 6) is 0.